The summed E-state index contributed by atoms with van der Waals surface area (Å²) < 4.78 is 78.2. The Bertz CT molecular complexity index is 554. The van der Waals surface area contributed by atoms with E-state index in [2.05, 4.69) is 6.92 Å². The third-order valence-electron chi connectivity index (χ3n) is 8.06. The van der Waals surface area contributed by atoms with E-state index in [0.29, 0.717) is 18.3 Å². The Balaban J connectivity index is 1.68. The zero-order valence-corrected chi connectivity index (χ0v) is 13.1. The molecule has 132 valence electrons. The highest BCUT2D eigenvalue weighted by Gasteiger charge is 2.93. The summed E-state index contributed by atoms with van der Waals surface area (Å²) in [5.74, 6) is 0.759. The fourth-order valence-electron chi connectivity index (χ4n) is 7.53. The van der Waals surface area contributed by atoms with E-state index in [-0.39, 0.29) is 23.2 Å². The van der Waals surface area contributed by atoms with Crippen molar-refractivity contribution in [3.05, 3.63) is 0 Å². The number of halogens is 6. The van der Waals surface area contributed by atoms with Crippen molar-refractivity contribution in [1.29, 1.82) is 0 Å². The van der Waals surface area contributed by atoms with E-state index in [1.807, 2.05) is 13.8 Å². The summed E-state index contributed by atoms with van der Waals surface area (Å²) in [7, 11) is 0. The van der Waals surface area contributed by atoms with E-state index in [4.69, 9.17) is 0 Å². The molecular weight excluding hydrogens is 322 g/mol. The molecule has 0 heterocycles. The van der Waals surface area contributed by atoms with Crippen molar-refractivity contribution < 1.29 is 31.4 Å². The summed E-state index contributed by atoms with van der Waals surface area (Å²) in [4.78, 5) is 0. The molecular formula is C16H20F6O. The van der Waals surface area contributed by atoms with Gasteiger partial charge in [0.1, 0.15) is 0 Å². The zero-order valence-electron chi connectivity index (χ0n) is 13.1. The van der Waals surface area contributed by atoms with Gasteiger partial charge in [-0.1, -0.05) is 20.8 Å². The first-order valence-corrected chi connectivity index (χ1v) is 8.10. The molecule has 0 aromatic heterocycles. The fraction of sp³-hybridized carbons (Fsp3) is 1.00. The van der Waals surface area contributed by atoms with Gasteiger partial charge in [0.15, 0.2) is 0 Å². The Morgan fingerprint density at radius 3 is 2.00 bits per heavy atom. The van der Waals surface area contributed by atoms with Crippen LogP contribution in [0.1, 0.15) is 33.6 Å². The monoisotopic (exact) mass is 342 g/mol. The largest absolute Gasteiger partial charge is 0.426 e. The third kappa shape index (κ3) is 1.44. The summed E-state index contributed by atoms with van der Waals surface area (Å²) in [6, 6.07) is 0. The molecule has 1 spiro atoms. The van der Waals surface area contributed by atoms with Gasteiger partial charge in [0.2, 0.25) is 0 Å². The number of fused-ring (bicyclic) bond motifs is 1. The first-order chi connectivity index (χ1) is 10.2. The molecule has 0 aliphatic heterocycles. The first kappa shape index (κ1) is 16.0. The van der Waals surface area contributed by atoms with Gasteiger partial charge in [0.25, 0.3) is 5.60 Å². The molecule has 7 unspecified atom stereocenters. The molecule has 0 amide bonds. The topological polar surface area (TPSA) is 20.2 Å². The molecule has 0 saturated heterocycles. The van der Waals surface area contributed by atoms with Crippen molar-refractivity contribution in [2.45, 2.75) is 51.6 Å². The number of aliphatic hydroxyl groups is 1. The Morgan fingerprint density at radius 1 is 1.00 bits per heavy atom. The molecule has 8 atom stereocenters. The third-order valence-corrected chi connectivity index (χ3v) is 8.06. The lowest BCUT2D eigenvalue weighted by molar-refractivity contribution is -0.373. The summed E-state index contributed by atoms with van der Waals surface area (Å²) in [5, 5.41) is 9.59. The smallest absolute Gasteiger partial charge is 0.374 e. The molecule has 1 nitrogen and oxygen atoms in total. The van der Waals surface area contributed by atoms with Gasteiger partial charge in [0.05, 0.1) is 0 Å². The van der Waals surface area contributed by atoms with Crippen LogP contribution >= 0.6 is 0 Å². The molecule has 0 radical (unpaired) electrons. The molecule has 1 N–H and O–H groups in total. The van der Waals surface area contributed by atoms with Crippen molar-refractivity contribution in [1.82, 2.24) is 0 Å². The van der Waals surface area contributed by atoms with Gasteiger partial charge < -0.3 is 5.11 Å². The highest BCUT2D eigenvalue weighted by atomic mass is 19.4. The lowest BCUT2D eigenvalue weighted by Crippen LogP contribution is -2.58. The van der Waals surface area contributed by atoms with Crippen LogP contribution in [0.2, 0.25) is 0 Å². The minimum Gasteiger partial charge on any atom is -0.374 e. The lowest BCUT2D eigenvalue weighted by Gasteiger charge is -2.37. The molecule has 0 bridgehead atoms. The highest BCUT2D eigenvalue weighted by molar-refractivity contribution is 5.39. The van der Waals surface area contributed by atoms with E-state index in [1.165, 1.54) is 0 Å². The van der Waals surface area contributed by atoms with Crippen molar-refractivity contribution in [2.24, 2.45) is 46.3 Å². The minimum atomic E-state index is -5.70. The van der Waals surface area contributed by atoms with Crippen LogP contribution in [0.3, 0.4) is 0 Å². The SMILES string of the molecule is CC1C2C3C2(C)CC(CC(O)(C(F)(F)F)C(F)(F)F)C32C(C)[C@H]12. The standard InChI is InChI=1S/C16H20F6O/c1-6-9-7(2)14(9)8(4-12(3)10(6)11(12)14)5-13(23,15(17,18)19)16(20,21)22/h6-11,23H,4-5H2,1-3H3/t6?,7?,8?,9-,10?,11?,12?,14?/m0/s1. The highest BCUT2D eigenvalue weighted by Crippen LogP contribution is 2.96. The van der Waals surface area contributed by atoms with Crippen molar-refractivity contribution >= 4 is 0 Å². The van der Waals surface area contributed by atoms with Gasteiger partial charge in [-0.05, 0) is 59.2 Å². The second-order valence-corrected chi connectivity index (χ2v) is 8.64. The number of rotatable bonds is 2. The second kappa shape index (κ2) is 3.70. The quantitative estimate of drug-likeness (QED) is 0.737. The van der Waals surface area contributed by atoms with Gasteiger partial charge in [-0.2, -0.15) is 26.3 Å². The van der Waals surface area contributed by atoms with Gasteiger partial charge >= 0.3 is 12.4 Å². The van der Waals surface area contributed by atoms with Gasteiger partial charge in [0, 0.05) is 0 Å². The van der Waals surface area contributed by atoms with Crippen LogP contribution in [-0.4, -0.2) is 23.1 Å². The van der Waals surface area contributed by atoms with Crippen molar-refractivity contribution in [3.8, 4) is 0 Å². The van der Waals surface area contributed by atoms with Crippen LogP contribution in [0, 0.1) is 46.3 Å². The van der Waals surface area contributed by atoms with E-state index in [9.17, 15) is 31.4 Å². The maximum absolute atomic E-state index is 13.0. The predicted octanol–water partition coefficient (Wildman–Crippen LogP) is 4.41. The lowest BCUT2D eigenvalue weighted by atomic mass is 9.77. The maximum Gasteiger partial charge on any atom is 0.426 e. The Kier molecular flexibility index (Phi) is 2.58. The summed E-state index contributed by atoms with van der Waals surface area (Å²) in [6.07, 6.45) is -12.3. The molecule has 4 aliphatic carbocycles. The number of alkyl halides is 6. The molecule has 4 fully saturated rings. The zero-order chi connectivity index (χ0) is 17.4. The van der Waals surface area contributed by atoms with Crippen LogP contribution in [0.4, 0.5) is 26.3 Å². The number of hydrogen-bond acceptors (Lipinski definition) is 1. The second-order valence-electron chi connectivity index (χ2n) is 8.64. The Hall–Kier alpha value is -0.460. The van der Waals surface area contributed by atoms with Crippen LogP contribution in [-0.2, 0) is 0 Å². The Morgan fingerprint density at radius 2 is 1.52 bits per heavy atom. The van der Waals surface area contributed by atoms with Crippen molar-refractivity contribution in [3.63, 3.8) is 0 Å². The average Bonchev–Trinajstić information content (AvgIpc) is 3.06. The molecule has 23 heavy (non-hydrogen) atoms. The van der Waals surface area contributed by atoms with Crippen LogP contribution < -0.4 is 0 Å². The van der Waals surface area contributed by atoms with Crippen molar-refractivity contribution in [2.75, 3.05) is 0 Å². The van der Waals surface area contributed by atoms with E-state index in [0.717, 1.165) is 0 Å². The van der Waals surface area contributed by atoms with Gasteiger partial charge in [-0.25, -0.2) is 0 Å². The predicted molar refractivity (Wildman–Crippen MR) is 69.1 cm³/mol. The molecule has 0 aromatic carbocycles. The molecule has 7 heteroatoms. The summed E-state index contributed by atoms with van der Waals surface area (Å²) in [5.41, 5.74) is -5.12. The normalized spacial score (nSPS) is 54.0. The molecule has 4 rings (SSSR count). The summed E-state index contributed by atoms with van der Waals surface area (Å²) in [6.45, 7) is 6.04. The van der Waals surface area contributed by atoms with Crippen LogP contribution in [0.25, 0.3) is 0 Å². The molecule has 4 saturated carbocycles. The summed E-state index contributed by atoms with van der Waals surface area (Å²) >= 11 is 0. The first-order valence-electron chi connectivity index (χ1n) is 8.10. The van der Waals surface area contributed by atoms with Crippen LogP contribution in [0.5, 0.6) is 0 Å². The Labute approximate surface area is 130 Å². The molecule has 4 aliphatic rings. The van der Waals surface area contributed by atoms with Crippen LogP contribution in [0.15, 0.2) is 0 Å². The van der Waals surface area contributed by atoms with Gasteiger partial charge in [-0.15, -0.1) is 0 Å². The molecule has 0 aromatic rings. The van der Waals surface area contributed by atoms with E-state index >= 15 is 0 Å². The minimum absolute atomic E-state index is 0.122. The van der Waals surface area contributed by atoms with E-state index < -0.39 is 35.7 Å². The van der Waals surface area contributed by atoms with Gasteiger partial charge in [-0.3, -0.25) is 0 Å². The average molecular weight is 342 g/mol. The fourth-order valence-corrected chi connectivity index (χ4v) is 7.53. The van der Waals surface area contributed by atoms with E-state index in [1.54, 1.807) is 0 Å². The maximum atomic E-state index is 13.0. The number of hydrogen-bond donors (Lipinski definition) is 1.